The van der Waals surface area contributed by atoms with Gasteiger partial charge < -0.3 is 20.1 Å². The monoisotopic (exact) mass is 707 g/mol. The lowest BCUT2D eigenvalue weighted by Crippen LogP contribution is -2.52. The van der Waals surface area contributed by atoms with Crippen molar-refractivity contribution in [2.24, 2.45) is 23.2 Å². The van der Waals surface area contributed by atoms with Gasteiger partial charge in [-0.2, -0.15) is 5.10 Å². The summed E-state index contributed by atoms with van der Waals surface area (Å²) in [5.41, 5.74) is 4.54. The summed E-state index contributed by atoms with van der Waals surface area (Å²) < 4.78 is 1.93. The van der Waals surface area contributed by atoms with E-state index in [9.17, 15) is 14.4 Å². The molecule has 4 heterocycles. The number of carbonyl (C=O) groups is 2. The molecule has 4 bridgehead atoms. The Morgan fingerprint density at radius 1 is 0.980 bits per heavy atom. The molecule has 3 aromatic heterocycles. The van der Waals surface area contributed by atoms with Gasteiger partial charge in [-0.1, -0.05) is 0 Å². The molecule has 0 unspecified atom stereocenters. The summed E-state index contributed by atoms with van der Waals surface area (Å²) >= 11 is 1.49. The fourth-order valence-electron chi connectivity index (χ4n) is 10.1. The van der Waals surface area contributed by atoms with Crippen molar-refractivity contribution in [2.45, 2.75) is 83.2 Å². The molecule has 5 aliphatic rings. The highest BCUT2D eigenvalue weighted by molar-refractivity contribution is 7.98. The Kier molecular flexibility index (Phi) is 8.97. The van der Waals surface area contributed by atoms with Crippen LogP contribution in [0.2, 0.25) is 0 Å². The van der Waals surface area contributed by atoms with Crippen LogP contribution >= 0.6 is 11.8 Å². The number of aromatic nitrogens is 4. The first-order valence-electron chi connectivity index (χ1n) is 18.6. The molecule has 0 radical (unpaired) electrons. The summed E-state index contributed by atoms with van der Waals surface area (Å²) in [5, 5.41) is 8.37. The summed E-state index contributed by atoms with van der Waals surface area (Å²) in [4.78, 5) is 53.0. The predicted octanol–water partition coefficient (Wildman–Crippen LogP) is 6.58. The Hall–Kier alpha value is -4.12. The molecule has 9 rings (SSSR count). The first-order valence-corrected chi connectivity index (χ1v) is 19.9. The minimum atomic E-state index is -0.266. The molecular formula is C40H49N7O3S. The number of rotatable bonds is 9. The first-order chi connectivity index (χ1) is 24.6. The summed E-state index contributed by atoms with van der Waals surface area (Å²) in [5.74, 6) is 3.57. The second kappa shape index (κ2) is 13.5. The lowest BCUT2D eigenvalue weighted by molar-refractivity contribution is -0.139. The second-order valence-corrected chi connectivity index (χ2v) is 16.9. The van der Waals surface area contributed by atoms with Crippen molar-refractivity contribution in [1.29, 1.82) is 0 Å². The average Bonchev–Trinajstić information content (AvgIpc) is 3.54. The minimum absolute atomic E-state index is 0.0995. The maximum Gasteiger partial charge on any atom is 0.254 e. The molecule has 0 atom stereocenters. The average molecular weight is 708 g/mol. The smallest absolute Gasteiger partial charge is 0.254 e. The summed E-state index contributed by atoms with van der Waals surface area (Å²) in [6.07, 6.45) is 14.3. The van der Waals surface area contributed by atoms with Gasteiger partial charge in [0.1, 0.15) is 5.82 Å². The minimum Gasteiger partial charge on any atom is -0.353 e. The molecule has 2 N–H and O–H groups in total. The number of H-pyrrole nitrogens is 1. The number of hydrogen-bond donors (Lipinski definition) is 2. The number of fused-ring (bicyclic) bond motifs is 1. The molecule has 51 heavy (non-hydrogen) atoms. The molecule has 1 aromatic carbocycles. The highest BCUT2D eigenvalue weighted by Crippen LogP contribution is 2.61. The summed E-state index contributed by atoms with van der Waals surface area (Å²) in [6, 6.07) is 10.1. The van der Waals surface area contributed by atoms with E-state index in [0.717, 1.165) is 88.8 Å². The van der Waals surface area contributed by atoms with Gasteiger partial charge in [-0.05, 0) is 125 Å². The molecule has 10 nitrogen and oxygen atoms in total. The van der Waals surface area contributed by atoms with Crippen LogP contribution in [0.1, 0.15) is 86.5 Å². The number of nitrogens with zero attached hydrogens (tertiary/aromatic N) is 5. The number of aryl methyl sites for hydroxylation is 1. The van der Waals surface area contributed by atoms with Crippen LogP contribution < -0.4 is 15.8 Å². The molecular weight excluding hydrogens is 659 g/mol. The maximum atomic E-state index is 13.8. The number of piperazine rings is 1. The van der Waals surface area contributed by atoms with Gasteiger partial charge in [-0.25, -0.2) is 4.98 Å². The highest BCUT2D eigenvalue weighted by Gasteiger charge is 2.51. The lowest BCUT2D eigenvalue weighted by Gasteiger charge is -2.57. The van der Waals surface area contributed by atoms with E-state index in [1.165, 1.54) is 50.3 Å². The number of thioether (sulfide) groups is 1. The van der Waals surface area contributed by atoms with Gasteiger partial charge in [-0.15, -0.1) is 11.8 Å². The van der Waals surface area contributed by atoms with E-state index in [4.69, 9.17) is 4.98 Å². The third kappa shape index (κ3) is 6.58. The normalized spacial score (nSPS) is 24.1. The largest absolute Gasteiger partial charge is 0.353 e. The number of amides is 2. The zero-order valence-electron chi connectivity index (χ0n) is 30.2. The summed E-state index contributed by atoms with van der Waals surface area (Å²) in [6.45, 7) is 9.11. The van der Waals surface area contributed by atoms with E-state index in [-0.39, 0.29) is 29.5 Å². The van der Waals surface area contributed by atoms with Crippen LogP contribution in [-0.2, 0) is 11.3 Å². The van der Waals surface area contributed by atoms with Gasteiger partial charge in [0.25, 0.3) is 11.5 Å². The highest BCUT2D eigenvalue weighted by atomic mass is 32.2. The van der Waals surface area contributed by atoms with Gasteiger partial charge >= 0.3 is 0 Å². The molecule has 1 saturated heterocycles. The topological polar surface area (TPSA) is 116 Å². The Balaban J connectivity index is 0.965. The van der Waals surface area contributed by atoms with E-state index < -0.39 is 0 Å². The molecule has 2 amide bonds. The van der Waals surface area contributed by atoms with Crippen LogP contribution in [0.3, 0.4) is 0 Å². The number of carbonyl (C=O) groups excluding carboxylic acids is 2. The summed E-state index contributed by atoms with van der Waals surface area (Å²) in [7, 11) is 0. The van der Waals surface area contributed by atoms with Gasteiger partial charge in [-0.3, -0.25) is 19.1 Å². The van der Waals surface area contributed by atoms with E-state index in [2.05, 4.69) is 51.2 Å². The fraction of sp³-hybridized carbons (Fsp3) is 0.525. The van der Waals surface area contributed by atoms with Gasteiger partial charge in [0, 0.05) is 78.5 Å². The first kappa shape index (κ1) is 34.0. The molecule has 1 aliphatic heterocycles. The third-order valence-electron chi connectivity index (χ3n) is 12.1. The van der Waals surface area contributed by atoms with Crippen LogP contribution in [0.5, 0.6) is 0 Å². The van der Waals surface area contributed by atoms with Crippen molar-refractivity contribution >= 4 is 40.3 Å². The number of benzene rings is 1. The fourth-order valence-corrected chi connectivity index (χ4v) is 10.8. The molecule has 4 saturated carbocycles. The number of pyridine rings is 2. The van der Waals surface area contributed by atoms with Gasteiger partial charge in [0.05, 0.1) is 17.3 Å². The van der Waals surface area contributed by atoms with E-state index in [1.54, 1.807) is 6.20 Å². The zero-order chi connectivity index (χ0) is 35.4. The van der Waals surface area contributed by atoms with Crippen molar-refractivity contribution in [3.8, 4) is 11.1 Å². The molecule has 4 aromatic rings. The molecule has 0 spiro atoms. The van der Waals surface area contributed by atoms with Crippen LogP contribution in [0, 0.1) is 30.1 Å². The van der Waals surface area contributed by atoms with Gasteiger partial charge in [0.2, 0.25) is 5.91 Å². The standard InChI is InChI=1S/C40H49N7O3S/c1-24(2)47-34-16-30(15-31(32(34)23-43-47)38(49)42-22-33-35(51-4)11-25(3)44-39(33)50)29-5-6-36(41-21-29)45-7-9-46(10-8-45)37(48)20-40-17-26-12-27(18-40)14-28(13-26)19-40/h5-6,11,15-16,21,23-24,26-28H,7-10,12-14,17-20,22H2,1-4H3,(H,42,49)(H,44,50). The van der Waals surface area contributed by atoms with Crippen molar-refractivity contribution in [3.05, 3.63) is 69.9 Å². The van der Waals surface area contributed by atoms with E-state index in [1.807, 2.05) is 42.3 Å². The molecule has 268 valence electrons. The van der Waals surface area contributed by atoms with Crippen molar-refractivity contribution < 1.29 is 9.59 Å². The number of nitrogens with one attached hydrogen (secondary N) is 2. The zero-order valence-corrected chi connectivity index (χ0v) is 31.0. The van der Waals surface area contributed by atoms with Gasteiger partial charge in [0.15, 0.2) is 0 Å². The van der Waals surface area contributed by atoms with Crippen molar-refractivity contribution in [1.82, 2.24) is 30.0 Å². The molecule has 11 heteroatoms. The Labute approximate surface area is 303 Å². The Bertz CT molecular complexity index is 1990. The molecule has 5 fully saturated rings. The van der Waals surface area contributed by atoms with Crippen LogP contribution in [-0.4, -0.2) is 68.9 Å². The number of aromatic amines is 1. The van der Waals surface area contributed by atoms with Crippen molar-refractivity contribution in [2.75, 3.05) is 37.3 Å². The number of anilines is 1. The maximum absolute atomic E-state index is 13.8. The third-order valence-corrected chi connectivity index (χ3v) is 12.9. The van der Waals surface area contributed by atoms with E-state index >= 15 is 0 Å². The Morgan fingerprint density at radius 3 is 2.31 bits per heavy atom. The quantitative estimate of drug-likeness (QED) is 0.189. The van der Waals surface area contributed by atoms with Crippen LogP contribution in [0.25, 0.3) is 22.0 Å². The lowest BCUT2D eigenvalue weighted by atomic mass is 9.49. The predicted molar refractivity (Wildman–Crippen MR) is 202 cm³/mol. The second-order valence-electron chi connectivity index (χ2n) is 16.0. The van der Waals surface area contributed by atoms with Crippen LogP contribution in [0.4, 0.5) is 5.82 Å². The van der Waals surface area contributed by atoms with Crippen LogP contribution in [0.15, 0.2) is 52.4 Å². The molecule has 4 aliphatic carbocycles. The SMILES string of the molecule is CSc1cc(C)[nH]c(=O)c1CNC(=O)c1cc(-c2ccc(N3CCN(C(=O)CC45CC6CC(CC(C6)C4)C5)CC3)nc2)cc2c1cnn2C(C)C. The Morgan fingerprint density at radius 2 is 1.69 bits per heavy atom. The number of hydrogen-bond acceptors (Lipinski definition) is 7. The van der Waals surface area contributed by atoms with E-state index in [0.29, 0.717) is 17.0 Å². The van der Waals surface area contributed by atoms with Crippen molar-refractivity contribution in [3.63, 3.8) is 0 Å².